The molecule has 4 nitrogen and oxygen atoms in total. The zero-order valence-corrected chi connectivity index (χ0v) is 14.0. The van der Waals surface area contributed by atoms with Crippen molar-refractivity contribution in [2.45, 2.75) is 12.8 Å². The van der Waals surface area contributed by atoms with Crippen LogP contribution in [0.15, 0.2) is 24.3 Å². The second-order valence-electron chi connectivity index (χ2n) is 6.73. The van der Waals surface area contributed by atoms with Crippen LogP contribution in [0.2, 0.25) is 0 Å². The second kappa shape index (κ2) is 7.34. The van der Waals surface area contributed by atoms with Crippen LogP contribution in [0.4, 0.5) is 5.69 Å². The van der Waals surface area contributed by atoms with E-state index < -0.39 is 0 Å². The summed E-state index contributed by atoms with van der Waals surface area (Å²) in [6.07, 6.45) is 2.74. The Labute approximate surface area is 134 Å². The predicted octanol–water partition coefficient (Wildman–Crippen LogP) is 2.16. The van der Waals surface area contributed by atoms with E-state index in [2.05, 4.69) is 46.0 Å². The summed E-state index contributed by atoms with van der Waals surface area (Å²) >= 11 is 0. The molecule has 2 aliphatic heterocycles. The zero-order chi connectivity index (χ0) is 15.4. The van der Waals surface area contributed by atoms with Gasteiger partial charge >= 0.3 is 0 Å². The molecule has 0 N–H and O–H groups in total. The molecule has 1 aromatic carbocycles. The van der Waals surface area contributed by atoms with E-state index in [0.29, 0.717) is 0 Å². The van der Waals surface area contributed by atoms with Crippen molar-refractivity contribution < 1.29 is 4.74 Å². The van der Waals surface area contributed by atoms with E-state index >= 15 is 0 Å². The van der Waals surface area contributed by atoms with Crippen LogP contribution in [0.5, 0.6) is 5.75 Å². The first kappa shape index (κ1) is 15.6. The first-order valence-electron chi connectivity index (χ1n) is 8.54. The third-order valence-corrected chi connectivity index (χ3v) is 5.16. The maximum atomic E-state index is 5.24. The average molecular weight is 303 g/mol. The van der Waals surface area contributed by atoms with Crippen molar-refractivity contribution in [2.75, 3.05) is 64.9 Å². The highest BCUT2D eigenvalue weighted by Gasteiger charge is 2.22. The lowest BCUT2D eigenvalue weighted by atomic mass is 9.96. The van der Waals surface area contributed by atoms with E-state index in [4.69, 9.17) is 4.74 Å². The average Bonchev–Trinajstić information content (AvgIpc) is 2.58. The number of methoxy groups -OCH3 is 1. The molecule has 0 aromatic heterocycles. The largest absolute Gasteiger partial charge is 0.497 e. The van der Waals surface area contributed by atoms with Gasteiger partial charge in [0.05, 0.1) is 7.11 Å². The van der Waals surface area contributed by atoms with Gasteiger partial charge in [-0.05, 0) is 63.2 Å². The molecule has 0 amide bonds. The monoisotopic (exact) mass is 303 g/mol. The van der Waals surface area contributed by atoms with Crippen LogP contribution in [0.25, 0.3) is 0 Å². The van der Waals surface area contributed by atoms with Gasteiger partial charge in [-0.25, -0.2) is 0 Å². The fraction of sp³-hybridized carbons (Fsp3) is 0.667. The normalized spacial score (nSPS) is 22.0. The minimum atomic E-state index is 0.906. The summed E-state index contributed by atoms with van der Waals surface area (Å²) in [6.45, 7) is 8.51. The van der Waals surface area contributed by atoms with Gasteiger partial charge in [0.15, 0.2) is 0 Å². The Bertz CT molecular complexity index is 446. The van der Waals surface area contributed by atoms with Crippen molar-refractivity contribution in [3.8, 4) is 5.75 Å². The van der Waals surface area contributed by atoms with Crippen molar-refractivity contribution in [3.05, 3.63) is 24.3 Å². The number of rotatable bonds is 4. The molecule has 3 rings (SSSR count). The molecule has 2 aliphatic rings. The first-order valence-corrected chi connectivity index (χ1v) is 8.54. The van der Waals surface area contributed by atoms with Crippen LogP contribution in [-0.4, -0.2) is 69.8 Å². The van der Waals surface area contributed by atoms with Gasteiger partial charge in [0.1, 0.15) is 5.75 Å². The fourth-order valence-electron chi connectivity index (χ4n) is 3.59. The molecule has 2 heterocycles. The van der Waals surface area contributed by atoms with Crippen LogP contribution in [0.1, 0.15) is 12.8 Å². The molecule has 0 unspecified atom stereocenters. The summed E-state index contributed by atoms with van der Waals surface area (Å²) in [5, 5.41) is 0. The predicted molar refractivity (Wildman–Crippen MR) is 91.9 cm³/mol. The van der Waals surface area contributed by atoms with Gasteiger partial charge in [0.25, 0.3) is 0 Å². The molecule has 0 spiro atoms. The number of ether oxygens (including phenoxy) is 1. The Balaban J connectivity index is 1.45. The molecule has 0 bridgehead atoms. The van der Waals surface area contributed by atoms with E-state index in [0.717, 1.165) is 24.8 Å². The molecule has 122 valence electrons. The van der Waals surface area contributed by atoms with Gasteiger partial charge in [-0.1, -0.05) is 0 Å². The number of hydrogen-bond acceptors (Lipinski definition) is 4. The second-order valence-corrected chi connectivity index (χ2v) is 6.73. The third-order valence-electron chi connectivity index (χ3n) is 5.16. The molecule has 0 aliphatic carbocycles. The summed E-state index contributed by atoms with van der Waals surface area (Å²) in [6, 6.07) is 8.46. The van der Waals surface area contributed by atoms with Crippen molar-refractivity contribution in [1.29, 1.82) is 0 Å². The Morgan fingerprint density at radius 3 is 2.18 bits per heavy atom. The van der Waals surface area contributed by atoms with E-state index in [-0.39, 0.29) is 0 Å². The topological polar surface area (TPSA) is 19.0 Å². The number of piperidine rings is 1. The lowest BCUT2D eigenvalue weighted by molar-refractivity contribution is 0.155. The van der Waals surface area contributed by atoms with Crippen molar-refractivity contribution in [2.24, 2.45) is 5.92 Å². The van der Waals surface area contributed by atoms with Gasteiger partial charge in [-0.3, -0.25) is 4.90 Å². The minimum Gasteiger partial charge on any atom is -0.497 e. The third kappa shape index (κ3) is 3.93. The van der Waals surface area contributed by atoms with Crippen molar-refractivity contribution >= 4 is 5.69 Å². The molecule has 0 radical (unpaired) electrons. The molecular weight excluding hydrogens is 274 g/mol. The lowest BCUT2D eigenvalue weighted by Gasteiger charge is -2.39. The molecule has 0 atom stereocenters. The SMILES string of the molecule is COc1ccc(N2CCN(CC3CCN(C)CC3)CC2)cc1. The quantitative estimate of drug-likeness (QED) is 0.848. The molecular formula is C18H29N3O. The highest BCUT2D eigenvalue weighted by molar-refractivity contribution is 5.49. The minimum absolute atomic E-state index is 0.906. The van der Waals surface area contributed by atoms with Gasteiger partial charge in [0, 0.05) is 38.4 Å². The highest BCUT2D eigenvalue weighted by atomic mass is 16.5. The first-order chi connectivity index (χ1) is 10.7. The molecule has 22 heavy (non-hydrogen) atoms. The fourth-order valence-corrected chi connectivity index (χ4v) is 3.59. The summed E-state index contributed by atoms with van der Waals surface area (Å²) in [5.41, 5.74) is 1.32. The molecule has 4 heteroatoms. The molecule has 0 saturated carbocycles. The van der Waals surface area contributed by atoms with Crippen LogP contribution >= 0.6 is 0 Å². The van der Waals surface area contributed by atoms with E-state index in [1.165, 1.54) is 51.3 Å². The standard InChI is InChI=1S/C18H29N3O/c1-19-9-7-16(8-10-19)15-20-11-13-21(14-12-20)17-3-5-18(22-2)6-4-17/h3-6,16H,7-15H2,1-2H3. The number of hydrogen-bond donors (Lipinski definition) is 0. The van der Waals surface area contributed by atoms with E-state index in [1.54, 1.807) is 7.11 Å². The van der Waals surface area contributed by atoms with Gasteiger partial charge in [-0.2, -0.15) is 0 Å². The Morgan fingerprint density at radius 1 is 0.955 bits per heavy atom. The van der Waals surface area contributed by atoms with Gasteiger partial charge in [-0.15, -0.1) is 0 Å². The maximum absolute atomic E-state index is 5.24. The van der Waals surface area contributed by atoms with Crippen LogP contribution in [0.3, 0.4) is 0 Å². The van der Waals surface area contributed by atoms with Crippen molar-refractivity contribution in [3.63, 3.8) is 0 Å². The number of likely N-dealkylation sites (tertiary alicyclic amines) is 1. The zero-order valence-electron chi connectivity index (χ0n) is 14.0. The summed E-state index contributed by atoms with van der Waals surface area (Å²) in [4.78, 5) is 7.61. The summed E-state index contributed by atoms with van der Waals surface area (Å²) in [5.74, 6) is 1.84. The number of nitrogens with zero attached hydrogens (tertiary/aromatic N) is 3. The Kier molecular flexibility index (Phi) is 5.21. The van der Waals surface area contributed by atoms with E-state index in [1.807, 2.05) is 0 Å². The number of piperazine rings is 1. The molecule has 1 aromatic rings. The highest BCUT2D eigenvalue weighted by Crippen LogP contribution is 2.22. The van der Waals surface area contributed by atoms with Crippen LogP contribution in [0, 0.1) is 5.92 Å². The lowest BCUT2D eigenvalue weighted by Crippen LogP contribution is -2.48. The van der Waals surface area contributed by atoms with Gasteiger partial charge < -0.3 is 14.5 Å². The maximum Gasteiger partial charge on any atom is 0.119 e. The molecule has 2 fully saturated rings. The molecule has 2 saturated heterocycles. The van der Waals surface area contributed by atoms with Gasteiger partial charge in [0.2, 0.25) is 0 Å². The number of anilines is 1. The van der Waals surface area contributed by atoms with E-state index in [9.17, 15) is 0 Å². The summed E-state index contributed by atoms with van der Waals surface area (Å²) < 4.78 is 5.24. The van der Waals surface area contributed by atoms with Crippen molar-refractivity contribution in [1.82, 2.24) is 9.80 Å². The number of benzene rings is 1. The van der Waals surface area contributed by atoms with Crippen LogP contribution in [-0.2, 0) is 0 Å². The van der Waals surface area contributed by atoms with Crippen LogP contribution < -0.4 is 9.64 Å². The smallest absolute Gasteiger partial charge is 0.119 e. The Hall–Kier alpha value is -1.26. The summed E-state index contributed by atoms with van der Waals surface area (Å²) in [7, 11) is 3.96. The Morgan fingerprint density at radius 2 is 1.59 bits per heavy atom.